The van der Waals surface area contributed by atoms with Gasteiger partial charge in [-0.05, 0) is 35.1 Å². The summed E-state index contributed by atoms with van der Waals surface area (Å²) in [5, 5.41) is 0. The van der Waals surface area contributed by atoms with Gasteiger partial charge in [0.05, 0.1) is 6.04 Å². The number of furan rings is 1. The number of hydrogen-bond donors (Lipinski definition) is 1. The highest BCUT2D eigenvalue weighted by molar-refractivity contribution is 9.10. The minimum absolute atomic E-state index is 0.0327. The lowest BCUT2D eigenvalue weighted by Gasteiger charge is -2.33. The van der Waals surface area contributed by atoms with Crippen molar-refractivity contribution in [2.24, 2.45) is 5.73 Å². The van der Waals surface area contributed by atoms with E-state index in [1.54, 1.807) is 0 Å². The van der Waals surface area contributed by atoms with Gasteiger partial charge in [0, 0.05) is 32.7 Å². The second-order valence-corrected chi connectivity index (χ2v) is 5.13. The monoisotopic (exact) mass is 287 g/mol. The number of rotatable bonds is 3. The Morgan fingerprint density at radius 2 is 2.06 bits per heavy atom. The van der Waals surface area contributed by atoms with Gasteiger partial charge in [-0.15, -0.1) is 0 Å². The molecule has 2 rings (SSSR count). The predicted octanol–water partition coefficient (Wildman–Crippen LogP) is 1.29. The van der Waals surface area contributed by atoms with E-state index < -0.39 is 0 Å². The minimum Gasteiger partial charge on any atom is -0.453 e. The van der Waals surface area contributed by atoms with E-state index in [0.717, 1.165) is 43.2 Å². The fraction of sp³-hybridized carbons (Fsp3) is 0.636. The molecule has 90 valence electrons. The van der Waals surface area contributed by atoms with Crippen LogP contribution in [0.25, 0.3) is 0 Å². The number of piperazine rings is 1. The summed E-state index contributed by atoms with van der Waals surface area (Å²) in [5.74, 6) is 0.853. The Balaban J connectivity index is 1.85. The summed E-state index contributed by atoms with van der Waals surface area (Å²) in [7, 11) is 2.15. The molecule has 2 heterocycles. The molecule has 0 aromatic carbocycles. The molecule has 1 saturated heterocycles. The molecule has 2 N–H and O–H groups in total. The van der Waals surface area contributed by atoms with Crippen molar-refractivity contribution in [1.29, 1.82) is 0 Å². The maximum Gasteiger partial charge on any atom is 0.169 e. The molecule has 0 aliphatic carbocycles. The van der Waals surface area contributed by atoms with Gasteiger partial charge in [-0.1, -0.05) is 0 Å². The Labute approximate surface area is 105 Å². The quantitative estimate of drug-likeness (QED) is 0.910. The van der Waals surface area contributed by atoms with Gasteiger partial charge in [0.1, 0.15) is 5.76 Å². The molecule has 0 bridgehead atoms. The van der Waals surface area contributed by atoms with Crippen molar-refractivity contribution in [3.63, 3.8) is 0 Å². The summed E-state index contributed by atoms with van der Waals surface area (Å²) in [4.78, 5) is 4.73. The number of halogens is 1. The molecule has 0 amide bonds. The largest absolute Gasteiger partial charge is 0.453 e. The zero-order valence-electron chi connectivity index (χ0n) is 9.53. The van der Waals surface area contributed by atoms with E-state index >= 15 is 0 Å². The summed E-state index contributed by atoms with van der Waals surface area (Å²) >= 11 is 3.29. The van der Waals surface area contributed by atoms with Crippen LogP contribution in [-0.4, -0.2) is 49.6 Å². The Morgan fingerprint density at radius 1 is 1.38 bits per heavy atom. The Bertz CT molecular complexity index is 334. The standard InChI is InChI=1S/C11H18BrN3O/c1-14-4-6-15(7-5-14)8-9(13)10-2-3-11(12)16-10/h2-3,9H,4-8,13H2,1H3. The van der Waals surface area contributed by atoms with Crippen LogP contribution < -0.4 is 5.73 Å². The summed E-state index contributed by atoms with van der Waals surface area (Å²) in [6.07, 6.45) is 0. The van der Waals surface area contributed by atoms with Crippen molar-refractivity contribution in [3.05, 3.63) is 22.6 Å². The molecule has 1 aromatic rings. The Kier molecular flexibility index (Phi) is 4.02. The molecule has 1 fully saturated rings. The molecular formula is C11H18BrN3O. The smallest absolute Gasteiger partial charge is 0.169 e. The lowest BCUT2D eigenvalue weighted by atomic mass is 10.2. The van der Waals surface area contributed by atoms with Crippen molar-refractivity contribution in [2.75, 3.05) is 39.8 Å². The lowest BCUT2D eigenvalue weighted by Crippen LogP contribution is -2.46. The maximum atomic E-state index is 6.10. The third-order valence-corrected chi connectivity index (χ3v) is 3.44. The van der Waals surface area contributed by atoms with Crippen LogP contribution in [0.15, 0.2) is 21.2 Å². The third kappa shape index (κ3) is 3.07. The SMILES string of the molecule is CN1CCN(CC(N)c2ccc(Br)o2)CC1. The van der Waals surface area contributed by atoms with Crippen molar-refractivity contribution in [3.8, 4) is 0 Å². The number of hydrogen-bond acceptors (Lipinski definition) is 4. The van der Waals surface area contributed by atoms with Crippen LogP contribution in [0.4, 0.5) is 0 Å². The average Bonchev–Trinajstić information content (AvgIpc) is 2.68. The van der Waals surface area contributed by atoms with E-state index in [1.807, 2.05) is 12.1 Å². The van der Waals surface area contributed by atoms with E-state index in [4.69, 9.17) is 10.2 Å². The highest BCUT2D eigenvalue weighted by atomic mass is 79.9. The molecule has 1 aliphatic heterocycles. The van der Waals surface area contributed by atoms with Crippen molar-refractivity contribution < 1.29 is 4.42 Å². The maximum absolute atomic E-state index is 6.10. The van der Waals surface area contributed by atoms with E-state index in [-0.39, 0.29) is 6.04 Å². The summed E-state index contributed by atoms with van der Waals surface area (Å²) in [5.41, 5.74) is 6.10. The Hall–Kier alpha value is -0.360. The Morgan fingerprint density at radius 3 is 2.62 bits per heavy atom. The first-order valence-corrected chi connectivity index (χ1v) is 6.36. The first-order valence-electron chi connectivity index (χ1n) is 5.57. The van der Waals surface area contributed by atoms with E-state index in [9.17, 15) is 0 Å². The van der Waals surface area contributed by atoms with Crippen molar-refractivity contribution >= 4 is 15.9 Å². The van der Waals surface area contributed by atoms with Crippen molar-refractivity contribution in [1.82, 2.24) is 9.80 Å². The summed E-state index contributed by atoms with van der Waals surface area (Å²) in [6, 6.07) is 3.79. The molecule has 1 aromatic heterocycles. The van der Waals surface area contributed by atoms with E-state index in [0.29, 0.717) is 0 Å². The molecule has 0 spiro atoms. The van der Waals surface area contributed by atoms with Crippen LogP contribution in [0.2, 0.25) is 0 Å². The zero-order valence-corrected chi connectivity index (χ0v) is 11.1. The molecule has 4 nitrogen and oxygen atoms in total. The van der Waals surface area contributed by atoms with Crippen LogP contribution in [0, 0.1) is 0 Å². The average molecular weight is 288 g/mol. The van der Waals surface area contributed by atoms with Crippen LogP contribution in [-0.2, 0) is 0 Å². The van der Waals surface area contributed by atoms with Crippen molar-refractivity contribution in [2.45, 2.75) is 6.04 Å². The van der Waals surface area contributed by atoms with Gasteiger partial charge in [0.25, 0.3) is 0 Å². The highest BCUT2D eigenvalue weighted by Gasteiger charge is 2.18. The van der Waals surface area contributed by atoms with E-state index in [2.05, 4.69) is 32.8 Å². The second-order valence-electron chi connectivity index (χ2n) is 4.35. The number of likely N-dealkylation sites (N-methyl/N-ethyl adjacent to an activating group) is 1. The molecule has 1 aliphatic rings. The van der Waals surface area contributed by atoms with Gasteiger partial charge in [-0.3, -0.25) is 4.90 Å². The van der Waals surface area contributed by atoms with Gasteiger partial charge in [-0.25, -0.2) is 0 Å². The van der Waals surface area contributed by atoms with Crippen LogP contribution in [0.5, 0.6) is 0 Å². The lowest BCUT2D eigenvalue weighted by molar-refractivity contribution is 0.144. The number of nitrogens with two attached hydrogens (primary N) is 1. The zero-order chi connectivity index (χ0) is 11.5. The fourth-order valence-corrected chi connectivity index (χ4v) is 2.25. The molecule has 16 heavy (non-hydrogen) atoms. The molecule has 5 heteroatoms. The molecule has 0 saturated carbocycles. The van der Waals surface area contributed by atoms with Crippen LogP contribution >= 0.6 is 15.9 Å². The molecule has 0 radical (unpaired) electrons. The van der Waals surface area contributed by atoms with Gasteiger partial charge in [0.15, 0.2) is 4.67 Å². The van der Waals surface area contributed by atoms with Crippen LogP contribution in [0.1, 0.15) is 11.8 Å². The molecule has 1 atom stereocenters. The van der Waals surface area contributed by atoms with Gasteiger partial charge in [-0.2, -0.15) is 0 Å². The highest BCUT2D eigenvalue weighted by Crippen LogP contribution is 2.19. The summed E-state index contributed by atoms with van der Waals surface area (Å²) < 4.78 is 6.21. The van der Waals surface area contributed by atoms with Crippen LogP contribution in [0.3, 0.4) is 0 Å². The third-order valence-electron chi connectivity index (χ3n) is 3.01. The number of nitrogens with zero attached hydrogens (tertiary/aromatic N) is 2. The normalized spacial score (nSPS) is 21.2. The van der Waals surface area contributed by atoms with Gasteiger partial charge >= 0.3 is 0 Å². The fourth-order valence-electron chi connectivity index (χ4n) is 1.93. The van der Waals surface area contributed by atoms with E-state index in [1.165, 1.54) is 0 Å². The molecular weight excluding hydrogens is 270 g/mol. The first kappa shape index (κ1) is 12.1. The molecule has 1 unspecified atom stereocenters. The predicted molar refractivity (Wildman–Crippen MR) is 67.3 cm³/mol. The second kappa shape index (κ2) is 5.31. The van der Waals surface area contributed by atoms with Gasteiger partial charge < -0.3 is 15.1 Å². The van der Waals surface area contributed by atoms with Gasteiger partial charge in [0.2, 0.25) is 0 Å². The topological polar surface area (TPSA) is 45.6 Å². The summed E-state index contributed by atoms with van der Waals surface area (Å²) in [6.45, 7) is 5.29. The first-order chi connectivity index (χ1) is 7.65. The minimum atomic E-state index is -0.0327.